The molecule has 1 aliphatic heterocycles. The van der Waals surface area contributed by atoms with Crippen molar-refractivity contribution in [3.05, 3.63) is 78.2 Å². The second-order valence-electron chi connectivity index (χ2n) is 9.53. The van der Waals surface area contributed by atoms with Crippen LogP contribution in [0.5, 0.6) is 5.75 Å². The van der Waals surface area contributed by atoms with Crippen molar-refractivity contribution in [2.45, 2.75) is 25.4 Å². The maximum absolute atomic E-state index is 12.1. The molecule has 0 spiro atoms. The highest BCUT2D eigenvalue weighted by molar-refractivity contribution is 5.88. The van der Waals surface area contributed by atoms with E-state index in [1.165, 1.54) is 6.33 Å². The van der Waals surface area contributed by atoms with Crippen LogP contribution in [0.3, 0.4) is 0 Å². The quantitative estimate of drug-likeness (QED) is 0.429. The van der Waals surface area contributed by atoms with Gasteiger partial charge in [-0.3, -0.25) is 9.69 Å². The van der Waals surface area contributed by atoms with Crippen LogP contribution in [0.2, 0.25) is 0 Å². The van der Waals surface area contributed by atoms with Crippen LogP contribution in [0, 0.1) is 0 Å². The number of anilines is 1. The minimum Gasteiger partial charge on any atom is -0.489 e. The Balaban J connectivity index is 1.40. The molecule has 5 rings (SSSR count). The van der Waals surface area contributed by atoms with Gasteiger partial charge in [0.25, 0.3) is 0 Å². The minimum absolute atomic E-state index is 0.138. The second-order valence-corrected chi connectivity index (χ2v) is 9.53. The molecule has 8 nitrogen and oxygen atoms in total. The molecular formula is C28H32N6O2. The summed E-state index contributed by atoms with van der Waals surface area (Å²) in [6.45, 7) is 2.71. The Morgan fingerprint density at radius 1 is 1.08 bits per heavy atom. The average molecular weight is 485 g/mol. The van der Waals surface area contributed by atoms with Crippen LogP contribution in [0.15, 0.2) is 67.0 Å². The van der Waals surface area contributed by atoms with Crippen LogP contribution >= 0.6 is 0 Å². The Labute approximate surface area is 211 Å². The van der Waals surface area contributed by atoms with Gasteiger partial charge in [0.15, 0.2) is 5.82 Å². The number of aromatic nitrogens is 3. The van der Waals surface area contributed by atoms with Crippen LogP contribution < -0.4 is 10.5 Å². The third-order valence-electron chi connectivity index (χ3n) is 6.87. The van der Waals surface area contributed by atoms with Crippen LogP contribution in [0.1, 0.15) is 30.0 Å². The van der Waals surface area contributed by atoms with Crippen molar-refractivity contribution in [1.82, 2.24) is 24.4 Å². The largest absolute Gasteiger partial charge is 0.489 e. The second kappa shape index (κ2) is 10.4. The van der Waals surface area contributed by atoms with E-state index in [1.54, 1.807) is 19.0 Å². The lowest BCUT2D eigenvalue weighted by atomic mass is 9.93. The van der Waals surface area contributed by atoms with Crippen molar-refractivity contribution < 1.29 is 9.53 Å². The smallest absolute Gasteiger partial charge is 0.236 e. The minimum atomic E-state index is 0.138. The van der Waals surface area contributed by atoms with Crippen molar-refractivity contribution in [2.75, 3.05) is 39.5 Å². The molecule has 2 aromatic carbocycles. The maximum atomic E-state index is 12.1. The van der Waals surface area contributed by atoms with E-state index in [2.05, 4.69) is 39.2 Å². The van der Waals surface area contributed by atoms with Gasteiger partial charge in [0, 0.05) is 31.3 Å². The highest BCUT2D eigenvalue weighted by Crippen LogP contribution is 2.37. The molecule has 0 saturated carbocycles. The molecule has 0 bridgehead atoms. The normalized spacial score (nSPS) is 14.7. The molecule has 186 valence electrons. The van der Waals surface area contributed by atoms with Crippen LogP contribution in [0.25, 0.3) is 16.6 Å². The summed E-state index contributed by atoms with van der Waals surface area (Å²) in [6.07, 6.45) is 3.42. The Kier molecular flexibility index (Phi) is 6.86. The number of amides is 1. The van der Waals surface area contributed by atoms with Gasteiger partial charge in [-0.05, 0) is 55.3 Å². The van der Waals surface area contributed by atoms with Crippen LogP contribution in [-0.4, -0.2) is 64.0 Å². The van der Waals surface area contributed by atoms with E-state index in [9.17, 15) is 4.79 Å². The Morgan fingerprint density at radius 2 is 1.86 bits per heavy atom. The predicted octanol–water partition coefficient (Wildman–Crippen LogP) is 3.83. The topological polar surface area (TPSA) is 89.0 Å². The number of fused-ring (bicyclic) bond motifs is 1. The summed E-state index contributed by atoms with van der Waals surface area (Å²) >= 11 is 0. The molecular weight excluding hydrogens is 452 g/mol. The molecule has 1 aliphatic rings. The number of piperidine rings is 1. The lowest BCUT2D eigenvalue weighted by Crippen LogP contribution is -2.40. The summed E-state index contributed by atoms with van der Waals surface area (Å²) < 4.78 is 8.02. The molecule has 1 fully saturated rings. The SMILES string of the molecule is CN(C)C(=O)CN1CCC(c2cc(-c3cccc(OCc4ccccc4)c3)c3c(N)ncnn23)CC1. The van der Waals surface area contributed by atoms with Crippen molar-refractivity contribution in [1.29, 1.82) is 0 Å². The van der Waals surface area contributed by atoms with E-state index in [0.29, 0.717) is 24.9 Å². The maximum Gasteiger partial charge on any atom is 0.236 e. The highest BCUT2D eigenvalue weighted by atomic mass is 16.5. The van der Waals surface area contributed by atoms with Gasteiger partial charge in [-0.25, -0.2) is 9.50 Å². The van der Waals surface area contributed by atoms with Crippen LogP contribution in [0.4, 0.5) is 5.82 Å². The Hall–Kier alpha value is -3.91. The number of likely N-dealkylation sites (tertiary alicyclic amines) is 1. The molecule has 0 atom stereocenters. The van der Waals surface area contributed by atoms with Gasteiger partial charge in [-0.2, -0.15) is 5.10 Å². The van der Waals surface area contributed by atoms with Gasteiger partial charge >= 0.3 is 0 Å². The zero-order valence-corrected chi connectivity index (χ0v) is 20.8. The van der Waals surface area contributed by atoms with Gasteiger partial charge in [-0.1, -0.05) is 42.5 Å². The fourth-order valence-corrected chi connectivity index (χ4v) is 4.82. The van der Waals surface area contributed by atoms with Crippen molar-refractivity contribution in [2.24, 2.45) is 0 Å². The first-order valence-electron chi connectivity index (χ1n) is 12.3. The van der Waals surface area contributed by atoms with Gasteiger partial charge in [0.1, 0.15) is 24.2 Å². The fraction of sp³-hybridized carbons (Fsp3) is 0.321. The molecule has 1 amide bonds. The van der Waals surface area contributed by atoms with Crippen molar-refractivity contribution in [3.63, 3.8) is 0 Å². The zero-order valence-electron chi connectivity index (χ0n) is 20.8. The molecule has 3 heterocycles. The van der Waals surface area contributed by atoms with E-state index in [4.69, 9.17) is 10.5 Å². The fourth-order valence-electron chi connectivity index (χ4n) is 4.82. The van der Waals surface area contributed by atoms with Crippen LogP contribution in [-0.2, 0) is 11.4 Å². The molecule has 0 aliphatic carbocycles. The monoisotopic (exact) mass is 484 g/mol. The van der Waals surface area contributed by atoms with Crippen molar-refractivity contribution >= 4 is 17.2 Å². The summed E-state index contributed by atoms with van der Waals surface area (Å²) in [7, 11) is 3.60. The number of likely N-dealkylation sites (N-methyl/N-ethyl adjacent to an activating group) is 1. The summed E-state index contributed by atoms with van der Waals surface area (Å²) in [5.74, 6) is 1.71. The number of nitrogens with two attached hydrogens (primary N) is 1. The van der Waals surface area contributed by atoms with E-state index in [1.807, 2.05) is 40.9 Å². The number of hydrogen-bond acceptors (Lipinski definition) is 6. The third kappa shape index (κ3) is 5.04. The summed E-state index contributed by atoms with van der Waals surface area (Å²) in [5, 5.41) is 4.57. The molecule has 2 N–H and O–H groups in total. The molecule has 36 heavy (non-hydrogen) atoms. The van der Waals surface area contributed by atoms with Gasteiger partial charge < -0.3 is 15.4 Å². The number of rotatable bonds is 7. The zero-order chi connectivity index (χ0) is 25.1. The first-order chi connectivity index (χ1) is 17.5. The number of carbonyl (C=O) groups is 1. The lowest BCUT2D eigenvalue weighted by molar-refractivity contribution is -0.130. The standard InChI is InChI=1S/C28H32N6O2/c1-32(2)26(35)17-33-13-11-21(12-14-33)25-16-24(27-28(29)30-19-31-34(25)27)22-9-6-10-23(15-22)36-18-20-7-4-3-5-8-20/h3-10,15-16,19,21H,11-14,17-18H2,1-2H3,(H2,29,30,31). The number of nitrogen functional groups attached to an aromatic ring is 1. The van der Waals surface area contributed by atoms with Gasteiger partial charge in [0.05, 0.1) is 6.54 Å². The van der Waals surface area contributed by atoms with Gasteiger partial charge in [-0.15, -0.1) is 0 Å². The number of benzene rings is 2. The highest BCUT2D eigenvalue weighted by Gasteiger charge is 2.27. The Morgan fingerprint density at radius 3 is 2.61 bits per heavy atom. The first-order valence-corrected chi connectivity index (χ1v) is 12.3. The lowest BCUT2D eigenvalue weighted by Gasteiger charge is -2.31. The number of ether oxygens (including phenoxy) is 1. The number of hydrogen-bond donors (Lipinski definition) is 1. The van der Waals surface area contributed by atoms with Crippen molar-refractivity contribution in [3.8, 4) is 16.9 Å². The van der Waals surface area contributed by atoms with Gasteiger partial charge in [0.2, 0.25) is 5.91 Å². The Bertz CT molecular complexity index is 1340. The molecule has 2 aromatic heterocycles. The van der Waals surface area contributed by atoms with E-state index in [0.717, 1.165) is 59.6 Å². The molecule has 0 unspecified atom stereocenters. The summed E-state index contributed by atoms with van der Waals surface area (Å²) in [5.41, 5.74) is 11.4. The molecule has 8 heteroatoms. The molecule has 0 radical (unpaired) electrons. The van der Waals surface area contributed by atoms with E-state index < -0.39 is 0 Å². The molecule has 1 saturated heterocycles. The molecule has 4 aromatic rings. The summed E-state index contributed by atoms with van der Waals surface area (Å²) in [6, 6.07) is 20.4. The van der Waals surface area contributed by atoms with E-state index >= 15 is 0 Å². The first kappa shape index (κ1) is 23.8. The third-order valence-corrected chi connectivity index (χ3v) is 6.87. The number of nitrogens with zero attached hydrogens (tertiary/aromatic N) is 5. The predicted molar refractivity (Wildman–Crippen MR) is 141 cm³/mol. The average Bonchev–Trinajstić information content (AvgIpc) is 3.30. The van der Waals surface area contributed by atoms with E-state index in [-0.39, 0.29) is 5.91 Å². The summed E-state index contributed by atoms with van der Waals surface area (Å²) in [4.78, 5) is 20.3. The number of carbonyl (C=O) groups excluding carboxylic acids is 1.